The second-order valence-corrected chi connectivity index (χ2v) is 7.08. The summed E-state index contributed by atoms with van der Waals surface area (Å²) in [6.45, 7) is -1.18. The van der Waals surface area contributed by atoms with E-state index >= 15 is 0 Å². The van der Waals surface area contributed by atoms with E-state index in [0.29, 0.717) is 11.0 Å². The second-order valence-electron chi connectivity index (χ2n) is 5.73. The highest BCUT2D eigenvalue weighted by molar-refractivity contribution is 7.85. The summed E-state index contributed by atoms with van der Waals surface area (Å²) in [6, 6.07) is 1.60. The Morgan fingerprint density at radius 3 is 2.81 bits per heavy atom. The van der Waals surface area contributed by atoms with E-state index in [0.717, 1.165) is 0 Å². The standard InChI is InChI=1S/C13H18N6O7S/c14-3-8(20)18-27(23,24)25-4-7-10(21)11(22)13(26-7)19-5-17-9-6(19)1-2-16-12(9)15/h1-2,5,7,10-11,13,21-22H,3-4,14H2,(H2,15,16)(H,18,20)/t7-,10-,11-,13-/m1/s1. The molecule has 0 saturated carbocycles. The molecule has 0 aliphatic carbocycles. The van der Waals surface area contributed by atoms with Crippen LogP contribution >= 0.6 is 0 Å². The first-order chi connectivity index (χ1) is 12.7. The van der Waals surface area contributed by atoms with E-state index in [2.05, 4.69) is 14.2 Å². The number of fused-ring (bicyclic) bond motifs is 1. The Morgan fingerprint density at radius 1 is 1.37 bits per heavy atom. The zero-order valence-electron chi connectivity index (χ0n) is 13.8. The number of aliphatic hydroxyl groups is 2. The minimum Gasteiger partial charge on any atom is -0.387 e. The van der Waals surface area contributed by atoms with Crippen LogP contribution < -0.4 is 16.2 Å². The van der Waals surface area contributed by atoms with Crippen molar-refractivity contribution in [2.45, 2.75) is 24.5 Å². The van der Waals surface area contributed by atoms with Gasteiger partial charge in [0.25, 0.3) is 0 Å². The number of hydrogen-bond acceptors (Lipinski definition) is 11. The summed E-state index contributed by atoms with van der Waals surface area (Å²) in [5.74, 6) is -0.780. The number of nitrogen functional groups attached to an aromatic ring is 1. The number of pyridine rings is 1. The predicted octanol–water partition coefficient (Wildman–Crippen LogP) is -3.03. The van der Waals surface area contributed by atoms with E-state index in [-0.39, 0.29) is 5.82 Å². The molecule has 1 saturated heterocycles. The van der Waals surface area contributed by atoms with Crippen molar-refractivity contribution in [3.63, 3.8) is 0 Å². The van der Waals surface area contributed by atoms with E-state index in [4.69, 9.17) is 16.2 Å². The summed E-state index contributed by atoms with van der Waals surface area (Å²) >= 11 is 0. The highest BCUT2D eigenvalue weighted by atomic mass is 32.2. The maximum atomic E-state index is 11.6. The van der Waals surface area contributed by atoms with E-state index in [1.807, 2.05) is 0 Å². The van der Waals surface area contributed by atoms with E-state index < -0.39 is 53.9 Å². The minimum absolute atomic E-state index is 0.181. The van der Waals surface area contributed by atoms with Gasteiger partial charge in [0, 0.05) is 6.20 Å². The first-order valence-electron chi connectivity index (χ1n) is 7.72. The molecule has 0 radical (unpaired) electrons. The van der Waals surface area contributed by atoms with Crippen molar-refractivity contribution in [3.8, 4) is 0 Å². The number of ether oxygens (including phenoxy) is 1. The van der Waals surface area contributed by atoms with Gasteiger partial charge in [-0.1, -0.05) is 0 Å². The fourth-order valence-corrected chi connectivity index (χ4v) is 3.38. The fourth-order valence-electron chi connectivity index (χ4n) is 2.65. The van der Waals surface area contributed by atoms with Crippen LogP contribution in [-0.4, -0.2) is 70.5 Å². The zero-order valence-corrected chi connectivity index (χ0v) is 14.6. The van der Waals surface area contributed by atoms with Gasteiger partial charge in [0.1, 0.15) is 23.8 Å². The Hall–Kier alpha value is -2.36. The number of imidazole rings is 1. The maximum Gasteiger partial charge on any atom is 0.362 e. The number of anilines is 1. The Labute approximate surface area is 153 Å². The highest BCUT2D eigenvalue weighted by Crippen LogP contribution is 2.32. The van der Waals surface area contributed by atoms with Gasteiger partial charge in [-0.05, 0) is 6.07 Å². The Kier molecular flexibility index (Phi) is 5.27. The van der Waals surface area contributed by atoms with E-state index in [1.165, 1.54) is 17.1 Å². The molecule has 2 aromatic heterocycles. The number of nitrogens with zero attached hydrogens (tertiary/aromatic N) is 3. The summed E-state index contributed by atoms with van der Waals surface area (Å²) in [7, 11) is -4.43. The molecule has 13 nitrogen and oxygen atoms in total. The van der Waals surface area contributed by atoms with Crippen LogP contribution in [0, 0.1) is 0 Å². The number of hydrogen-bond donors (Lipinski definition) is 5. The van der Waals surface area contributed by atoms with Crippen LogP contribution in [0.5, 0.6) is 0 Å². The van der Waals surface area contributed by atoms with Gasteiger partial charge < -0.3 is 31.0 Å². The van der Waals surface area contributed by atoms with E-state index in [1.54, 1.807) is 10.8 Å². The molecular formula is C13H18N6O7S. The maximum absolute atomic E-state index is 11.6. The van der Waals surface area contributed by atoms with Gasteiger partial charge in [0.15, 0.2) is 12.0 Å². The topological polar surface area (TPSA) is 205 Å². The van der Waals surface area contributed by atoms with E-state index in [9.17, 15) is 23.4 Å². The third-order valence-electron chi connectivity index (χ3n) is 3.94. The molecule has 1 fully saturated rings. The van der Waals surface area contributed by atoms with Gasteiger partial charge in [-0.3, -0.25) is 8.98 Å². The Balaban J connectivity index is 1.74. The monoisotopic (exact) mass is 402 g/mol. The van der Waals surface area contributed by atoms with Crippen LogP contribution in [0.25, 0.3) is 11.0 Å². The zero-order chi connectivity index (χ0) is 19.8. The van der Waals surface area contributed by atoms with Crippen LogP contribution in [0.3, 0.4) is 0 Å². The average molecular weight is 402 g/mol. The normalized spacial score (nSPS) is 25.7. The molecule has 1 aliphatic rings. The number of nitrogens with one attached hydrogen (secondary N) is 1. The molecule has 0 aromatic carbocycles. The molecule has 1 amide bonds. The van der Waals surface area contributed by atoms with Crippen molar-refractivity contribution in [2.24, 2.45) is 5.73 Å². The van der Waals surface area contributed by atoms with Crippen molar-refractivity contribution in [3.05, 3.63) is 18.6 Å². The van der Waals surface area contributed by atoms with Crippen LogP contribution in [0.4, 0.5) is 5.82 Å². The summed E-state index contributed by atoms with van der Waals surface area (Å²) in [5, 5.41) is 20.4. The lowest BCUT2D eigenvalue weighted by molar-refractivity contribution is -0.118. The van der Waals surface area contributed by atoms with Crippen molar-refractivity contribution in [1.29, 1.82) is 0 Å². The SMILES string of the molecule is NCC(=O)NS(=O)(=O)OC[C@H]1O[C@@H](n2cnc3c(N)nccc32)[C@H](O)[C@@H]1O. The number of amides is 1. The highest BCUT2D eigenvalue weighted by Gasteiger charge is 2.44. The summed E-state index contributed by atoms with van der Waals surface area (Å²) in [5.41, 5.74) is 11.6. The predicted molar refractivity (Wildman–Crippen MR) is 89.9 cm³/mol. The molecule has 27 heavy (non-hydrogen) atoms. The summed E-state index contributed by atoms with van der Waals surface area (Å²) in [4.78, 5) is 19.1. The molecule has 1 aliphatic heterocycles. The van der Waals surface area contributed by atoms with Gasteiger partial charge in [-0.2, -0.15) is 8.42 Å². The first-order valence-corrected chi connectivity index (χ1v) is 9.13. The molecule has 3 heterocycles. The van der Waals surface area contributed by atoms with Crippen molar-refractivity contribution >= 4 is 33.1 Å². The molecule has 14 heteroatoms. The molecule has 4 atom stereocenters. The van der Waals surface area contributed by atoms with Crippen LogP contribution in [0.15, 0.2) is 18.6 Å². The van der Waals surface area contributed by atoms with Crippen LogP contribution in [0.1, 0.15) is 6.23 Å². The number of aliphatic hydroxyl groups excluding tert-OH is 2. The van der Waals surface area contributed by atoms with Gasteiger partial charge in [0.2, 0.25) is 5.91 Å². The summed E-state index contributed by atoms with van der Waals surface area (Å²) in [6.07, 6.45) is -2.31. The van der Waals surface area contributed by atoms with Crippen molar-refractivity contribution in [2.75, 3.05) is 18.9 Å². The van der Waals surface area contributed by atoms with Gasteiger partial charge in [-0.25, -0.2) is 14.7 Å². The number of rotatable bonds is 6. The van der Waals surface area contributed by atoms with Crippen molar-refractivity contribution < 1.29 is 32.3 Å². The summed E-state index contributed by atoms with van der Waals surface area (Å²) < 4.78 is 36.4. The Bertz CT molecular complexity index is 948. The molecule has 0 bridgehead atoms. The van der Waals surface area contributed by atoms with Gasteiger partial charge >= 0.3 is 10.3 Å². The first kappa shape index (κ1) is 19.4. The number of carbonyl (C=O) groups is 1. The molecule has 3 rings (SSSR count). The molecule has 0 spiro atoms. The molecule has 0 unspecified atom stereocenters. The van der Waals surface area contributed by atoms with Crippen molar-refractivity contribution in [1.82, 2.24) is 19.3 Å². The molecule has 2 aromatic rings. The second kappa shape index (κ2) is 7.34. The third-order valence-corrected chi connectivity index (χ3v) is 4.87. The lowest BCUT2D eigenvalue weighted by Gasteiger charge is -2.17. The largest absolute Gasteiger partial charge is 0.387 e. The van der Waals surface area contributed by atoms with Crippen LogP contribution in [-0.2, 0) is 24.0 Å². The molecule has 148 valence electrons. The lowest BCUT2D eigenvalue weighted by Crippen LogP contribution is -2.39. The minimum atomic E-state index is -4.43. The fraction of sp³-hybridized carbons (Fsp3) is 0.462. The number of aromatic nitrogens is 3. The molecular weight excluding hydrogens is 384 g/mol. The average Bonchev–Trinajstić information content (AvgIpc) is 3.16. The quantitative estimate of drug-likeness (QED) is 0.328. The van der Waals surface area contributed by atoms with Crippen LogP contribution in [0.2, 0.25) is 0 Å². The number of nitrogens with two attached hydrogens (primary N) is 2. The third kappa shape index (κ3) is 3.85. The lowest BCUT2D eigenvalue weighted by atomic mass is 10.1. The van der Waals surface area contributed by atoms with Gasteiger partial charge in [-0.15, -0.1) is 0 Å². The Morgan fingerprint density at radius 2 is 2.11 bits per heavy atom. The molecule has 7 N–H and O–H groups in total. The smallest absolute Gasteiger partial charge is 0.362 e. The number of carbonyl (C=O) groups excluding carboxylic acids is 1. The van der Waals surface area contributed by atoms with Gasteiger partial charge in [0.05, 0.1) is 25.0 Å².